The van der Waals surface area contributed by atoms with Gasteiger partial charge >= 0.3 is 0 Å². The van der Waals surface area contributed by atoms with Crippen LogP contribution >= 0.6 is 0 Å². The molecule has 0 amide bonds. The predicted octanol–water partition coefficient (Wildman–Crippen LogP) is 2.51. The molecular formula is C16H32N2O. The Balaban J connectivity index is 1.71. The Bertz CT molecular complexity index is 259. The van der Waals surface area contributed by atoms with Gasteiger partial charge in [-0.15, -0.1) is 0 Å². The standard InChI is InChI=1S/C16H32N2O/c1-4-16(2,12-17-15-5-6-15)13-18-9-7-14(8-10-18)11-19-3/h14-15,17H,4-13H2,1-3H3. The van der Waals surface area contributed by atoms with E-state index in [1.54, 1.807) is 0 Å². The van der Waals surface area contributed by atoms with Crippen LogP contribution in [-0.2, 0) is 4.74 Å². The van der Waals surface area contributed by atoms with E-state index < -0.39 is 0 Å². The molecule has 0 radical (unpaired) electrons. The Hall–Kier alpha value is -0.120. The van der Waals surface area contributed by atoms with E-state index in [2.05, 4.69) is 24.1 Å². The molecule has 112 valence electrons. The first kappa shape index (κ1) is 15.3. The predicted molar refractivity (Wildman–Crippen MR) is 80.5 cm³/mol. The fourth-order valence-corrected chi connectivity index (χ4v) is 3.06. The molecule has 2 aliphatic rings. The summed E-state index contributed by atoms with van der Waals surface area (Å²) in [5.74, 6) is 0.790. The number of ether oxygens (including phenoxy) is 1. The molecule has 1 aliphatic heterocycles. The molecule has 1 unspecified atom stereocenters. The summed E-state index contributed by atoms with van der Waals surface area (Å²) in [5, 5.41) is 3.72. The first-order chi connectivity index (χ1) is 9.15. The minimum atomic E-state index is 0.441. The molecule has 0 aromatic heterocycles. The van der Waals surface area contributed by atoms with Gasteiger partial charge in [-0.05, 0) is 56.5 Å². The van der Waals surface area contributed by atoms with Crippen LogP contribution in [0, 0.1) is 11.3 Å². The van der Waals surface area contributed by atoms with Crippen LogP contribution in [0.4, 0.5) is 0 Å². The highest BCUT2D eigenvalue weighted by molar-refractivity contribution is 4.87. The number of piperidine rings is 1. The average Bonchev–Trinajstić information content (AvgIpc) is 3.23. The largest absolute Gasteiger partial charge is 0.384 e. The van der Waals surface area contributed by atoms with E-state index in [0.29, 0.717) is 5.41 Å². The maximum atomic E-state index is 5.28. The Labute approximate surface area is 119 Å². The fourth-order valence-electron chi connectivity index (χ4n) is 3.06. The van der Waals surface area contributed by atoms with Crippen molar-refractivity contribution in [2.75, 3.05) is 39.9 Å². The van der Waals surface area contributed by atoms with Crippen molar-refractivity contribution in [1.29, 1.82) is 0 Å². The molecule has 0 spiro atoms. The fraction of sp³-hybridized carbons (Fsp3) is 1.00. The minimum Gasteiger partial charge on any atom is -0.384 e. The number of hydrogen-bond donors (Lipinski definition) is 1. The van der Waals surface area contributed by atoms with Gasteiger partial charge in [0.1, 0.15) is 0 Å². The van der Waals surface area contributed by atoms with Gasteiger partial charge in [0.2, 0.25) is 0 Å². The third-order valence-electron chi connectivity index (χ3n) is 4.96. The lowest BCUT2D eigenvalue weighted by molar-refractivity contribution is 0.0757. The van der Waals surface area contributed by atoms with Crippen molar-refractivity contribution < 1.29 is 4.74 Å². The zero-order chi connectivity index (χ0) is 13.7. The summed E-state index contributed by atoms with van der Waals surface area (Å²) in [4.78, 5) is 2.67. The topological polar surface area (TPSA) is 24.5 Å². The Kier molecular flexibility index (Phi) is 5.67. The summed E-state index contributed by atoms with van der Waals surface area (Å²) in [6.07, 6.45) is 6.67. The molecule has 0 aromatic rings. The second-order valence-corrected chi connectivity index (χ2v) is 6.99. The van der Waals surface area contributed by atoms with Crippen LogP contribution in [0.3, 0.4) is 0 Å². The average molecular weight is 268 g/mol. The van der Waals surface area contributed by atoms with E-state index in [0.717, 1.165) is 18.6 Å². The number of nitrogens with zero attached hydrogens (tertiary/aromatic N) is 1. The second kappa shape index (κ2) is 7.05. The van der Waals surface area contributed by atoms with E-state index in [9.17, 15) is 0 Å². The lowest BCUT2D eigenvalue weighted by Crippen LogP contribution is -2.45. The maximum absolute atomic E-state index is 5.28. The van der Waals surface area contributed by atoms with Gasteiger partial charge in [-0.3, -0.25) is 0 Å². The quantitative estimate of drug-likeness (QED) is 0.732. The van der Waals surface area contributed by atoms with E-state index in [1.165, 1.54) is 58.3 Å². The summed E-state index contributed by atoms with van der Waals surface area (Å²) < 4.78 is 5.28. The first-order valence-corrected chi connectivity index (χ1v) is 8.10. The molecule has 0 aromatic carbocycles. The lowest BCUT2D eigenvalue weighted by atomic mass is 9.85. The third kappa shape index (κ3) is 5.05. The SMILES string of the molecule is CCC(C)(CNC1CC1)CN1CCC(COC)CC1. The van der Waals surface area contributed by atoms with Gasteiger partial charge in [-0.1, -0.05) is 13.8 Å². The Morgan fingerprint density at radius 3 is 2.42 bits per heavy atom. The molecule has 1 atom stereocenters. The van der Waals surface area contributed by atoms with Crippen LogP contribution in [0.2, 0.25) is 0 Å². The summed E-state index contributed by atoms with van der Waals surface area (Å²) >= 11 is 0. The number of hydrogen-bond acceptors (Lipinski definition) is 3. The molecule has 2 rings (SSSR count). The molecule has 2 fully saturated rings. The monoisotopic (exact) mass is 268 g/mol. The molecule has 3 nitrogen and oxygen atoms in total. The van der Waals surface area contributed by atoms with Crippen molar-refractivity contribution in [2.24, 2.45) is 11.3 Å². The minimum absolute atomic E-state index is 0.441. The molecular weight excluding hydrogens is 236 g/mol. The van der Waals surface area contributed by atoms with E-state index in [-0.39, 0.29) is 0 Å². The van der Waals surface area contributed by atoms with Crippen molar-refractivity contribution in [1.82, 2.24) is 10.2 Å². The summed E-state index contributed by atoms with van der Waals surface area (Å²) in [6.45, 7) is 10.7. The highest BCUT2D eigenvalue weighted by Gasteiger charge is 2.30. The molecule has 0 bridgehead atoms. The molecule has 3 heteroatoms. The van der Waals surface area contributed by atoms with Crippen LogP contribution in [-0.4, -0.2) is 50.8 Å². The molecule has 1 heterocycles. The third-order valence-corrected chi connectivity index (χ3v) is 4.96. The van der Waals surface area contributed by atoms with Crippen LogP contribution in [0.1, 0.15) is 46.0 Å². The second-order valence-electron chi connectivity index (χ2n) is 6.99. The van der Waals surface area contributed by atoms with Crippen molar-refractivity contribution >= 4 is 0 Å². The van der Waals surface area contributed by atoms with Crippen LogP contribution in [0.5, 0.6) is 0 Å². The van der Waals surface area contributed by atoms with Gasteiger partial charge in [0.05, 0.1) is 0 Å². The Morgan fingerprint density at radius 1 is 1.21 bits per heavy atom. The van der Waals surface area contributed by atoms with Gasteiger partial charge in [0.15, 0.2) is 0 Å². The smallest absolute Gasteiger partial charge is 0.0491 e. The molecule has 1 saturated carbocycles. The van der Waals surface area contributed by atoms with Gasteiger partial charge in [-0.25, -0.2) is 0 Å². The van der Waals surface area contributed by atoms with Gasteiger partial charge in [-0.2, -0.15) is 0 Å². The lowest BCUT2D eigenvalue weighted by Gasteiger charge is -2.39. The van der Waals surface area contributed by atoms with E-state index in [1.807, 2.05) is 7.11 Å². The van der Waals surface area contributed by atoms with Crippen LogP contribution in [0.25, 0.3) is 0 Å². The van der Waals surface area contributed by atoms with Crippen molar-refractivity contribution in [3.05, 3.63) is 0 Å². The first-order valence-electron chi connectivity index (χ1n) is 8.10. The zero-order valence-electron chi connectivity index (χ0n) is 13.1. The number of nitrogens with one attached hydrogen (secondary N) is 1. The van der Waals surface area contributed by atoms with Crippen LogP contribution in [0.15, 0.2) is 0 Å². The maximum Gasteiger partial charge on any atom is 0.0491 e. The van der Waals surface area contributed by atoms with Gasteiger partial charge < -0.3 is 15.0 Å². The normalized spacial score (nSPS) is 25.4. The summed E-state index contributed by atoms with van der Waals surface area (Å²) in [7, 11) is 1.82. The van der Waals surface area contributed by atoms with E-state index in [4.69, 9.17) is 4.74 Å². The molecule has 1 aliphatic carbocycles. The van der Waals surface area contributed by atoms with Crippen molar-refractivity contribution in [3.8, 4) is 0 Å². The number of likely N-dealkylation sites (tertiary alicyclic amines) is 1. The highest BCUT2D eigenvalue weighted by Crippen LogP contribution is 2.27. The number of rotatable bonds is 8. The molecule has 1 saturated heterocycles. The van der Waals surface area contributed by atoms with Gasteiger partial charge in [0.25, 0.3) is 0 Å². The van der Waals surface area contributed by atoms with Crippen molar-refractivity contribution in [2.45, 2.75) is 52.0 Å². The zero-order valence-corrected chi connectivity index (χ0v) is 13.1. The Morgan fingerprint density at radius 2 is 1.89 bits per heavy atom. The molecule has 19 heavy (non-hydrogen) atoms. The summed E-state index contributed by atoms with van der Waals surface area (Å²) in [5.41, 5.74) is 0.441. The summed E-state index contributed by atoms with van der Waals surface area (Å²) in [6, 6.07) is 0.832. The molecule has 1 N–H and O–H groups in total. The van der Waals surface area contributed by atoms with E-state index >= 15 is 0 Å². The van der Waals surface area contributed by atoms with Crippen molar-refractivity contribution in [3.63, 3.8) is 0 Å². The van der Waals surface area contributed by atoms with Gasteiger partial charge in [0, 0.05) is 32.8 Å². The number of methoxy groups -OCH3 is 1. The highest BCUT2D eigenvalue weighted by atomic mass is 16.5. The van der Waals surface area contributed by atoms with Crippen LogP contribution < -0.4 is 5.32 Å².